The zero-order valence-corrected chi connectivity index (χ0v) is 16.4. The quantitative estimate of drug-likeness (QED) is 0.862. The maximum atomic E-state index is 12.3. The van der Waals surface area contributed by atoms with Gasteiger partial charge in [0.15, 0.2) is 0 Å². The Balaban J connectivity index is 1.41. The fourth-order valence-electron chi connectivity index (χ4n) is 3.22. The third-order valence-corrected chi connectivity index (χ3v) is 5.02. The van der Waals surface area contributed by atoms with Crippen LogP contribution in [-0.2, 0) is 0 Å². The van der Waals surface area contributed by atoms with Crippen molar-refractivity contribution in [2.45, 2.75) is 12.8 Å². The topological polar surface area (TPSA) is 61.9 Å². The van der Waals surface area contributed by atoms with E-state index in [1.54, 1.807) is 17.0 Å². The fraction of sp³-hybridized carbons (Fsp3) is 0.364. The summed E-state index contributed by atoms with van der Waals surface area (Å²) in [7, 11) is 3.94. The molecule has 2 aromatic carbocycles. The van der Waals surface area contributed by atoms with Crippen molar-refractivity contribution in [3.63, 3.8) is 0 Å². The normalized spacial score (nSPS) is 14.4. The predicted octanol–water partition coefficient (Wildman–Crippen LogP) is 3.39. The number of carbonyl (C=O) groups is 2. The van der Waals surface area contributed by atoms with Gasteiger partial charge in [0.05, 0.1) is 0 Å². The van der Waals surface area contributed by atoms with Crippen LogP contribution >= 0.6 is 0 Å². The molecular formula is C22H27N3O3. The first-order chi connectivity index (χ1) is 13.5. The van der Waals surface area contributed by atoms with Crippen molar-refractivity contribution in [2.75, 3.05) is 38.6 Å². The predicted molar refractivity (Wildman–Crippen MR) is 110 cm³/mol. The SMILES string of the molecule is CN(C)c1ccc(C(=O)NCC2CCN(C(=O)Oc3ccccc3)CC2)cc1. The minimum Gasteiger partial charge on any atom is -0.410 e. The van der Waals surface area contributed by atoms with E-state index in [0.29, 0.717) is 36.9 Å². The van der Waals surface area contributed by atoms with E-state index < -0.39 is 0 Å². The molecule has 3 rings (SSSR count). The number of ether oxygens (including phenoxy) is 1. The lowest BCUT2D eigenvalue weighted by Gasteiger charge is -2.31. The number of benzene rings is 2. The first kappa shape index (κ1) is 19.7. The molecule has 6 nitrogen and oxygen atoms in total. The Morgan fingerprint density at radius 2 is 1.68 bits per heavy atom. The highest BCUT2D eigenvalue weighted by atomic mass is 16.6. The molecule has 0 spiro atoms. The number of amides is 2. The Labute approximate surface area is 166 Å². The van der Waals surface area contributed by atoms with Crippen LogP contribution in [0.4, 0.5) is 10.5 Å². The van der Waals surface area contributed by atoms with Crippen molar-refractivity contribution in [3.8, 4) is 5.75 Å². The van der Waals surface area contributed by atoms with Gasteiger partial charge < -0.3 is 19.9 Å². The molecule has 0 radical (unpaired) electrons. The van der Waals surface area contributed by atoms with Crippen molar-refractivity contribution in [1.82, 2.24) is 10.2 Å². The molecule has 0 bridgehead atoms. The highest BCUT2D eigenvalue weighted by Gasteiger charge is 2.24. The summed E-state index contributed by atoms with van der Waals surface area (Å²) in [4.78, 5) is 28.3. The number of nitrogens with one attached hydrogen (secondary N) is 1. The van der Waals surface area contributed by atoms with E-state index in [9.17, 15) is 9.59 Å². The molecule has 0 aliphatic carbocycles. The van der Waals surface area contributed by atoms with E-state index in [-0.39, 0.29) is 12.0 Å². The molecule has 1 heterocycles. The molecule has 1 N–H and O–H groups in total. The second-order valence-corrected chi connectivity index (χ2v) is 7.26. The average molecular weight is 381 g/mol. The van der Waals surface area contributed by atoms with Crippen LogP contribution in [-0.4, -0.2) is 50.6 Å². The summed E-state index contributed by atoms with van der Waals surface area (Å²) in [5.74, 6) is 0.865. The van der Waals surface area contributed by atoms with Crippen LogP contribution in [0.2, 0.25) is 0 Å². The van der Waals surface area contributed by atoms with Gasteiger partial charge in [-0.2, -0.15) is 0 Å². The molecule has 1 saturated heterocycles. The number of hydrogen-bond acceptors (Lipinski definition) is 4. The maximum Gasteiger partial charge on any atom is 0.415 e. The van der Waals surface area contributed by atoms with Gasteiger partial charge in [0.2, 0.25) is 0 Å². The molecule has 148 valence electrons. The van der Waals surface area contributed by atoms with Crippen LogP contribution < -0.4 is 15.0 Å². The molecule has 1 aliphatic heterocycles. The zero-order chi connectivity index (χ0) is 19.9. The number of rotatable bonds is 5. The Bertz CT molecular complexity index is 782. The van der Waals surface area contributed by atoms with E-state index in [1.165, 1.54) is 0 Å². The maximum absolute atomic E-state index is 12.3. The van der Waals surface area contributed by atoms with Crippen molar-refractivity contribution in [3.05, 3.63) is 60.2 Å². The fourth-order valence-corrected chi connectivity index (χ4v) is 3.22. The van der Waals surface area contributed by atoms with Gasteiger partial charge in [0.25, 0.3) is 5.91 Å². The summed E-state index contributed by atoms with van der Waals surface area (Å²) in [5.41, 5.74) is 1.72. The second-order valence-electron chi connectivity index (χ2n) is 7.26. The number of anilines is 1. The minimum atomic E-state index is -0.310. The third kappa shape index (κ3) is 5.25. The Morgan fingerprint density at radius 1 is 1.04 bits per heavy atom. The summed E-state index contributed by atoms with van der Waals surface area (Å²) in [5, 5.41) is 3.01. The Kier molecular flexibility index (Phi) is 6.53. The number of carbonyl (C=O) groups excluding carboxylic acids is 2. The summed E-state index contributed by atoms with van der Waals surface area (Å²) in [6.45, 7) is 1.91. The van der Waals surface area contributed by atoms with Crippen LogP contribution in [0.3, 0.4) is 0 Å². The minimum absolute atomic E-state index is 0.0591. The van der Waals surface area contributed by atoms with Gasteiger partial charge in [-0.15, -0.1) is 0 Å². The number of nitrogens with zero attached hydrogens (tertiary/aromatic N) is 2. The largest absolute Gasteiger partial charge is 0.415 e. The van der Waals surface area contributed by atoms with Gasteiger partial charge in [-0.05, 0) is 55.2 Å². The van der Waals surface area contributed by atoms with Crippen LogP contribution in [0, 0.1) is 5.92 Å². The Hall–Kier alpha value is -3.02. The third-order valence-electron chi connectivity index (χ3n) is 5.02. The van der Waals surface area contributed by atoms with E-state index in [2.05, 4.69) is 5.32 Å². The molecule has 1 fully saturated rings. The summed E-state index contributed by atoms with van der Waals surface area (Å²) < 4.78 is 5.39. The number of piperidine rings is 1. The van der Waals surface area contributed by atoms with Crippen molar-refractivity contribution in [1.29, 1.82) is 0 Å². The molecule has 2 amide bonds. The van der Waals surface area contributed by atoms with Gasteiger partial charge in [0.1, 0.15) is 5.75 Å². The van der Waals surface area contributed by atoms with Crippen molar-refractivity contribution in [2.24, 2.45) is 5.92 Å². The molecule has 0 saturated carbocycles. The van der Waals surface area contributed by atoms with E-state index in [1.807, 2.05) is 61.5 Å². The Morgan fingerprint density at radius 3 is 2.29 bits per heavy atom. The standard InChI is InChI=1S/C22H27N3O3/c1-24(2)19-10-8-18(9-11-19)21(26)23-16-17-12-14-25(15-13-17)22(27)28-20-6-4-3-5-7-20/h3-11,17H,12-16H2,1-2H3,(H,23,26). The van der Waals surface area contributed by atoms with Crippen LogP contribution in [0.1, 0.15) is 23.2 Å². The van der Waals surface area contributed by atoms with E-state index in [0.717, 1.165) is 18.5 Å². The van der Waals surface area contributed by atoms with Gasteiger partial charge in [-0.3, -0.25) is 4.79 Å². The van der Waals surface area contributed by atoms with Crippen molar-refractivity contribution < 1.29 is 14.3 Å². The van der Waals surface area contributed by atoms with Gasteiger partial charge in [0, 0.05) is 45.0 Å². The van der Waals surface area contributed by atoms with Gasteiger partial charge >= 0.3 is 6.09 Å². The number of para-hydroxylation sites is 1. The molecule has 28 heavy (non-hydrogen) atoms. The average Bonchev–Trinajstić information content (AvgIpc) is 2.73. The van der Waals surface area contributed by atoms with Crippen LogP contribution in [0.25, 0.3) is 0 Å². The monoisotopic (exact) mass is 381 g/mol. The molecule has 0 unspecified atom stereocenters. The highest BCUT2D eigenvalue weighted by molar-refractivity contribution is 5.94. The summed E-state index contributed by atoms with van der Waals surface area (Å²) in [6, 6.07) is 16.7. The van der Waals surface area contributed by atoms with E-state index in [4.69, 9.17) is 4.74 Å². The molecular weight excluding hydrogens is 354 g/mol. The number of likely N-dealkylation sites (tertiary alicyclic amines) is 1. The zero-order valence-electron chi connectivity index (χ0n) is 16.4. The lowest BCUT2D eigenvalue weighted by molar-refractivity contribution is 0.0931. The summed E-state index contributed by atoms with van der Waals surface area (Å²) in [6.07, 6.45) is 1.39. The molecule has 2 aromatic rings. The van der Waals surface area contributed by atoms with Crippen LogP contribution in [0.5, 0.6) is 5.75 Å². The number of hydrogen-bond donors (Lipinski definition) is 1. The van der Waals surface area contributed by atoms with Crippen molar-refractivity contribution >= 4 is 17.7 Å². The highest BCUT2D eigenvalue weighted by Crippen LogP contribution is 2.19. The molecule has 6 heteroatoms. The van der Waals surface area contributed by atoms with E-state index >= 15 is 0 Å². The second kappa shape index (κ2) is 9.26. The molecule has 0 aromatic heterocycles. The van der Waals surface area contributed by atoms with Crippen LogP contribution in [0.15, 0.2) is 54.6 Å². The first-order valence-electron chi connectivity index (χ1n) is 9.60. The summed E-state index contributed by atoms with van der Waals surface area (Å²) >= 11 is 0. The lowest BCUT2D eigenvalue weighted by Crippen LogP contribution is -2.42. The van der Waals surface area contributed by atoms with Gasteiger partial charge in [-0.25, -0.2) is 4.79 Å². The first-order valence-corrected chi connectivity index (χ1v) is 9.60. The molecule has 0 atom stereocenters. The van der Waals surface area contributed by atoms with Gasteiger partial charge in [-0.1, -0.05) is 18.2 Å². The molecule has 1 aliphatic rings. The smallest absolute Gasteiger partial charge is 0.410 e. The lowest BCUT2D eigenvalue weighted by atomic mass is 9.97.